The van der Waals surface area contributed by atoms with E-state index < -0.39 is 18.2 Å². The fraction of sp³-hybridized carbons (Fsp3) is 0.595. The van der Waals surface area contributed by atoms with Crippen LogP contribution in [0.2, 0.25) is 0 Å². The molecule has 6 unspecified atom stereocenters. The number of carbonyl (C=O) groups is 4. The van der Waals surface area contributed by atoms with Crippen LogP contribution >= 0.6 is 0 Å². The van der Waals surface area contributed by atoms with E-state index in [1.165, 1.54) is 18.9 Å². The van der Waals surface area contributed by atoms with Crippen molar-refractivity contribution >= 4 is 30.6 Å². The molecule has 3 amide bonds. The summed E-state index contributed by atoms with van der Waals surface area (Å²) < 4.78 is 0. The highest BCUT2D eigenvalue weighted by atomic mass is 16.3. The third-order valence-electron chi connectivity index (χ3n) is 9.12. The molecule has 2 heterocycles. The number of pyridine rings is 1. The smallest absolute Gasteiger partial charge is 0.244 e. The summed E-state index contributed by atoms with van der Waals surface area (Å²) in [7, 11) is 0. The SMILES string of the molecule is C=O.CC(C)C.CCCC(NC(=O)/C=C/c1ccccn1)C(=O)NC(Cc1ccccc1)C(O)CN1CC2CCCCC2CC1C(=O)NC(C)(C)C. The Labute approximate surface area is 312 Å². The summed E-state index contributed by atoms with van der Waals surface area (Å²) in [6.07, 6.45) is 10.7. The molecule has 52 heavy (non-hydrogen) atoms. The molecule has 10 heteroatoms. The van der Waals surface area contributed by atoms with Crippen LogP contribution in [0.15, 0.2) is 60.8 Å². The fourth-order valence-electron chi connectivity index (χ4n) is 6.84. The monoisotopic (exact) mass is 719 g/mol. The van der Waals surface area contributed by atoms with Crippen molar-refractivity contribution in [3.05, 3.63) is 72.1 Å². The Morgan fingerprint density at radius 1 is 0.981 bits per heavy atom. The number of benzene rings is 1. The van der Waals surface area contributed by atoms with Gasteiger partial charge in [-0.3, -0.25) is 24.3 Å². The van der Waals surface area contributed by atoms with E-state index in [1.807, 2.05) is 70.9 Å². The van der Waals surface area contributed by atoms with E-state index in [0.29, 0.717) is 36.8 Å². The van der Waals surface area contributed by atoms with Crippen molar-refractivity contribution in [2.75, 3.05) is 13.1 Å². The first kappa shape index (κ1) is 44.3. The van der Waals surface area contributed by atoms with Gasteiger partial charge in [0.1, 0.15) is 12.8 Å². The predicted molar refractivity (Wildman–Crippen MR) is 209 cm³/mol. The van der Waals surface area contributed by atoms with Gasteiger partial charge in [0.25, 0.3) is 0 Å². The first-order valence-electron chi connectivity index (χ1n) is 19.0. The zero-order chi connectivity index (χ0) is 38.7. The summed E-state index contributed by atoms with van der Waals surface area (Å²) in [6.45, 7) is 17.4. The summed E-state index contributed by atoms with van der Waals surface area (Å²) in [5.74, 6) is 1.13. The second-order valence-corrected chi connectivity index (χ2v) is 15.8. The zero-order valence-corrected chi connectivity index (χ0v) is 32.6. The summed E-state index contributed by atoms with van der Waals surface area (Å²) >= 11 is 0. The molecule has 2 fully saturated rings. The number of aromatic nitrogens is 1. The van der Waals surface area contributed by atoms with Gasteiger partial charge in [-0.15, -0.1) is 0 Å². The third-order valence-corrected chi connectivity index (χ3v) is 9.12. The molecule has 10 nitrogen and oxygen atoms in total. The number of fused-ring (bicyclic) bond motifs is 1. The Morgan fingerprint density at radius 3 is 2.21 bits per heavy atom. The number of piperidine rings is 1. The molecule has 1 saturated carbocycles. The average Bonchev–Trinajstić information content (AvgIpc) is 3.10. The van der Waals surface area contributed by atoms with E-state index in [0.717, 1.165) is 37.3 Å². The molecular weight excluding hydrogens is 654 g/mol. The van der Waals surface area contributed by atoms with Crippen LogP contribution in [0.3, 0.4) is 0 Å². The molecule has 4 N–H and O–H groups in total. The molecule has 2 aliphatic rings. The van der Waals surface area contributed by atoms with E-state index in [9.17, 15) is 19.5 Å². The number of likely N-dealkylation sites (tertiary alicyclic amines) is 1. The van der Waals surface area contributed by atoms with Crippen LogP contribution in [-0.2, 0) is 25.6 Å². The Kier molecular flexibility index (Phi) is 19.5. The van der Waals surface area contributed by atoms with E-state index in [1.54, 1.807) is 24.4 Å². The van der Waals surface area contributed by atoms with Gasteiger partial charge >= 0.3 is 0 Å². The zero-order valence-electron chi connectivity index (χ0n) is 32.6. The molecular formula is C42H65N5O5. The number of aliphatic hydroxyl groups is 1. The molecule has 0 radical (unpaired) electrons. The first-order chi connectivity index (χ1) is 24.8. The normalized spacial score (nSPS) is 20.5. The molecule has 0 bridgehead atoms. The number of amides is 3. The largest absolute Gasteiger partial charge is 0.390 e. The molecule has 1 aliphatic carbocycles. The maximum atomic E-state index is 13.7. The van der Waals surface area contributed by atoms with Crippen molar-refractivity contribution in [2.45, 2.75) is 130 Å². The minimum atomic E-state index is -0.934. The van der Waals surface area contributed by atoms with Crippen LogP contribution in [0.1, 0.15) is 105 Å². The summed E-state index contributed by atoms with van der Waals surface area (Å²) in [5, 5.41) is 20.9. The standard InChI is InChI=1S/C37H53N5O4.C4H10.CH2O/c1-5-13-30(39-34(44)20-19-29-18-11-12-21-38-29)35(45)40-31(22-26-14-7-6-8-15-26)33(43)25-42-24-28-17-10-9-16-27(28)23-32(42)36(46)41-37(2,3)4;1-4(2)3;1-2/h6-8,11-12,14-15,18-21,27-28,30-33,43H,5,9-10,13,16-17,22-25H2,1-4H3,(H,39,44)(H,40,45)(H,41,46);4H,1-3H3;1H2/b20-19+;;. The Balaban J connectivity index is 0.00000146. The van der Waals surface area contributed by atoms with Crippen LogP contribution in [-0.4, -0.2) is 82.4 Å². The van der Waals surface area contributed by atoms with E-state index in [2.05, 4.69) is 46.6 Å². The molecule has 1 aliphatic heterocycles. The number of hydrogen-bond acceptors (Lipinski definition) is 7. The number of rotatable bonds is 13. The lowest BCUT2D eigenvalue weighted by molar-refractivity contribution is -0.133. The van der Waals surface area contributed by atoms with Crippen LogP contribution in [0, 0.1) is 17.8 Å². The highest BCUT2D eigenvalue weighted by molar-refractivity contribution is 5.95. The van der Waals surface area contributed by atoms with Gasteiger partial charge in [-0.05, 0) is 88.0 Å². The number of aliphatic hydroxyl groups excluding tert-OH is 1. The molecule has 2 aromatic rings. The van der Waals surface area contributed by atoms with Crippen LogP contribution in [0.5, 0.6) is 0 Å². The molecule has 1 aromatic carbocycles. The highest BCUT2D eigenvalue weighted by Crippen LogP contribution is 2.39. The Bertz CT molecular complexity index is 1360. The molecule has 1 saturated heterocycles. The van der Waals surface area contributed by atoms with Gasteiger partial charge in [0.05, 0.1) is 23.9 Å². The molecule has 288 valence electrons. The Morgan fingerprint density at radius 2 is 1.62 bits per heavy atom. The lowest BCUT2D eigenvalue weighted by Crippen LogP contribution is -2.61. The highest BCUT2D eigenvalue weighted by Gasteiger charge is 2.42. The van der Waals surface area contributed by atoms with Crippen LogP contribution in [0.4, 0.5) is 0 Å². The summed E-state index contributed by atoms with van der Waals surface area (Å²) in [5.41, 5.74) is 1.27. The number of carbonyl (C=O) groups excluding carboxylic acids is 4. The lowest BCUT2D eigenvalue weighted by atomic mass is 9.72. The third kappa shape index (κ3) is 16.2. The quantitative estimate of drug-likeness (QED) is 0.194. The maximum Gasteiger partial charge on any atom is 0.244 e. The van der Waals surface area contributed by atoms with E-state index in [4.69, 9.17) is 4.79 Å². The number of hydrogen-bond donors (Lipinski definition) is 4. The molecule has 4 rings (SSSR count). The van der Waals surface area contributed by atoms with Gasteiger partial charge in [0, 0.05) is 30.9 Å². The van der Waals surface area contributed by atoms with Gasteiger partial charge in [0.15, 0.2) is 0 Å². The maximum absolute atomic E-state index is 13.7. The number of nitrogens with one attached hydrogen (secondary N) is 3. The van der Waals surface area contributed by atoms with Crippen LogP contribution in [0.25, 0.3) is 6.08 Å². The minimum absolute atomic E-state index is 0.00292. The summed E-state index contributed by atoms with van der Waals surface area (Å²) in [4.78, 5) is 54.4. The van der Waals surface area contributed by atoms with Crippen molar-refractivity contribution in [1.29, 1.82) is 0 Å². The topological polar surface area (TPSA) is 141 Å². The van der Waals surface area contributed by atoms with Crippen molar-refractivity contribution in [3.8, 4) is 0 Å². The van der Waals surface area contributed by atoms with Gasteiger partial charge in [-0.2, -0.15) is 0 Å². The van der Waals surface area contributed by atoms with Crippen molar-refractivity contribution < 1.29 is 24.3 Å². The van der Waals surface area contributed by atoms with Gasteiger partial charge in [0.2, 0.25) is 17.7 Å². The van der Waals surface area contributed by atoms with E-state index in [-0.39, 0.29) is 35.8 Å². The second kappa shape index (κ2) is 22.9. The predicted octanol–water partition coefficient (Wildman–Crippen LogP) is 5.74. The second-order valence-electron chi connectivity index (χ2n) is 15.8. The number of nitrogens with zero attached hydrogens (tertiary/aromatic N) is 2. The van der Waals surface area contributed by atoms with Gasteiger partial charge in [-0.25, -0.2) is 0 Å². The lowest BCUT2D eigenvalue weighted by Gasteiger charge is -2.47. The fourth-order valence-corrected chi connectivity index (χ4v) is 6.84. The molecule has 1 aromatic heterocycles. The minimum Gasteiger partial charge on any atom is -0.390 e. The van der Waals surface area contributed by atoms with Crippen molar-refractivity contribution in [1.82, 2.24) is 25.8 Å². The van der Waals surface area contributed by atoms with Gasteiger partial charge in [-0.1, -0.05) is 89.8 Å². The van der Waals surface area contributed by atoms with E-state index >= 15 is 0 Å². The molecule has 6 atom stereocenters. The Hall–Kier alpha value is -3.89. The van der Waals surface area contributed by atoms with Crippen molar-refractivity contribution in [2.24, 2.45) is 17.8 Å². The molecule has 0 spiro atoms. The summed E-state index contributed by atoms with van der Waals surface area (Å²) in [6, 6.07) is 13.5. The van der Waals surface area contributed by atoms with Gasteiger partial charge < -0.3 is 25.9 Å². The van der Waals surface area contributed by atoms with Crippen LogP contribution < -0.4 is 16.0 Å². The first-order valence-corrected chi connectivity index (χ1v) is 19.0. The average molecular weight is 720 g/mol. The van der Waals surface area contributed by atoms with Crippen molar-refractivity contribution in [3.63, 3.8) is 0 Å². The number of β-amino-alcohol motifs (C(OH)–C–C–N with tert-alkyl or cyclic N) is 1.